The molecular weight excluding hydrogens is 340 g/mol. The van der Waals surface area contributed by atoms with Gasteiger partial charge >= 0.3 is 6.03 Å². The van der Waals surface area contributed by atoms with Crippen molar-refractivity contribution in [3.05, 3.63) is 64.7 Å². The highest BCUT2D eigenvalue weighted by molar-refractivity contribution is 6.30. The van der Waals surface area contributed by atoms with Crippen molar-refractivity contribution in [2.45, 2.75) is 20.1 Å². The molecule has 0 bridgehead atoms. The minimum absolute atomic E-state index is 0.231. The predicted octanol–water partition coefficient (Wildman–Crippen LogP) is 3.75. The van der Waals surface area contributed by atoms with Crippen molar-refractivity contribution in [2.75, 3.05) is 19.8 Å². The van der Waals surface area contributed by atoms with E-state index in [1.54, 1.807) is 24.3 Å². The van der Waals surface area contributed by atoms with Crippen molar-refractivity contribution in [1.29, 1.82) is 0 Å². The first-order valence-corrected chi connectivity index (χ1v) is 8.61. The van der Waals surface area contributed by atoms with Gasteiger partial charge in [0.25, 0.3) is 0 Å². The molecule has 0 aliphatic heterocycles. The first-order chi connectivity index (χ1) is 12.2. The molecule has 0 aliphatic carbocycles. The number of benzene rings is 2. The average Bonchev–Trinajstić information content (AvgIpc) is 2.64. The Morgan fingerprint density at radius 1 is 1.04 bits per heavy atom. The lowest BCUT2D eigenvalue weighted by atomic mass is 10.1. The average molecular weight is 363 g/mol. The molecule has 0 aliphatic rings. The fourth-order valence-corrected chi connectivity index (χ4v) is 2.31. The number of halogens is 1. The van der Waals surface area contributed by atoms with E-state index in [0.717, 1.165) is 16.9 Å². The Morgan fingerprint density at radius 3 is 2.48 bits per heavy atom. The van der Waals surface area contributed by atoms with Crippen LogP contribution in [0, 0.1) is 0 Å². The molecular formula is C19H23ClN2O3. The lowest BCUT2D eigenvalue weighted by molar-refractivity contribution is 0.133. The first-order valence-electron chi connectivity index (χ1n) is 8.23. The third kappa shape index (κ3) is 7.03. The summed E-state index contributed by atoms with van der Waals surface area (Å²) in [4.78, 5) is 11.9. The fraction of sp³-hybridized carbons (Fsp3) is 0.316. The van der Waals surface area contributed by atoms with E-state index in [0.29, 0.717) is 37.9 Å². The zero-order chi connectivity index (χ0) is 17.9. The van der Waals surface area contributed by atoms with Crippen LogP contribution >= 0.6 is 11.6 Å². The van der Waals surface area contributed by atoms with Gasteiger partial charge in [-0.05, 0) is 42.3 Å². The Hall–Kier alpha value is -2.24. The molecule has 0 saturated carbocycles. The first kappa shape index (κ1) is 19.1. The number of ether oxygens (including phenoxy) is 2. The number of hydrogen-bond donors (Lipinski definition) is 2. The minimum atomic E-state index is -0.231. The lowest BCUT2D eigenvalue weighted by Gasteiger charge is -2.12. The van der Waals surface area contributed by atoms with Crippen LogP contribution in [0.3, 0.4) is 0 Å². The molecule has 5 nitrogen and oxygen atoms in total. The van der Waals surface area contributed by atoms with Crippen LogP contribution in [0.4, 0.5) is 4.79 Å². The standard InChI is InChI=1S/C19H23ClN2O3/c1-2-24-14-16-6-4-3-5-15(16)13-22-19(23)21-11-12-25-18-9-7-17(20)8-10-18/h3-10H,2,11-14H2,1H3,(H2,21,22,23). The van der Waals surface area contributed by atoms with E-state index in [9.17, 15) is 4.79 Å². The second-order valence-corrected chi connectivity index (χ2v) is 5.75. The van der Waals surface area contributed by atoms with Crippen molar-refractivity contribution in [3.63, 3.8) is 0 Å². The second kappa shape index (κ2) is 10.6. The number of amides is 2. The molecule has 0 heterocycles. The monoisotopic (exact) mass is 362 g/mol. The van der Waals surface area contributed by atoms with E-state index in [-0.39, 0.29) is 6.03 Å². The van der Waals surface area contributed by atoms with Gasteiger partial charge in [0.05, 0.1) is 13.2 Å². The largest absolute Gasteiger partial charge is 0.492 e. The number of carbonyl (C=O) groups excluding carboxylic acids is 1. The van der Waals surface area contributed by atoms with Crippen LogP contribution in [0.2, 0.25) is 5.02 Å². The molecule has 2 rings (SSSR count). The van der Waals surface area contributed by atoms with Crippen LogP contribution < -0.4 is 15.4 Å². The van der Waals surface area contributed by atoms with Crippen LogP contribution in [-0.2, 0) is 17.9 Å². The number of carbonyl (C=O) groups is 1. The summed E-state index contributed by atoms with van der Waals surface area (Å²) in [5.74, 6) is 0.719. The fourth-order valence-electron chi connectivity index (χ4n) is 2.19. The summed E-state index contributed by atoms with van der Waals surface area (Å²) in [6.07, 6.45) is 0. The smallest absolute Gasteiger partial charge is 0.315 e. The van der Waals surface area contributed by atoms with Gasteiger partial charge in [-0.2, -0.15) is 0 Å². The van der Waals surface area contributed by atoms with Crippen LogP contribution in [0.1, 0.15) is 18.1 Å². The van der Waals surface area contributed by atoms with E-state index >= 15 is 0 Å². The van der Waals surface area contributed by atoms with Gasteiger partial charge < -0.3 is 20.1 Å². The molecule has 0 unspecified atom stereocenters. The van der Waals surface area contributed by atoms with Crippen molar-refractivity contribution in [1.82, 2.24) is 10.6 Å². The third-order valence-electron chi connectivity index (χ3n) is 3.49. The Kier molecular flexibility index (Phi) is 8.09. The van der Waals surface area contributed by atoms with Gasteiger partial charge in [0.2, 0.25) is 0 Å². The Bertz CT molecular complexity index is 662. The van der Waals surface area contributed by atoms with Crippen LogP contribution in [0.5, 0.6) is 5.75 Å². The van der Waals surface area contributed by atoms with Gasteiger partial charge in [-0.25, -0.2) is 4.79 Å². The summed E-state index contributed by atoms with van der Waals surface area (Å²) >= 11 is 5.81. The predicted molar refractivity (Wildman–Crippen MR) is 99.0 cm³/mol. The third-order valence-corrected chi connectivity index (χ3v) is 3.74. The van der Waals surface area contributed by atoms with Gasteiger partial charge in [0, 0.05) is 18.2 Å². The van der Waals surface area contributed by atoms with Crippen molar-refractivity contribution in [2.24, 2.45) is 0 Å². The van der Waals surface area contributed by atoms with Gasteiger partial charge in [-0.15, -0.1) is 0 Å². The SMILES string of the molecule is CCOCc1ccccc1CNC(=O)NCCOc1ccc(Cl)cc1. The second-order valence-electron chi connectivity index (χ2n) is 5.32. The summed E-state index contributed by atoms with van der Waals surface area (Å²) in [5, 5.41) is 6.27. The molecule has 2 amide bonds. The maximum Gasteiger partial charge on any atom is 0.315 e. The summed E-state index contributed by atoms with van der Waals surface area (Å²) in [5.41, 5.74) is 2.12. The normalized spacial score (nSPS) is 10.3. The zero-order valence-corrected chi connectivity index (χ0v) is 15.0. The molecule has 0 fully saturated rings. The number of nitrogens with one attached hydrogen (secondary N) is 2. The maximum atomic E-state index is 11.9. The van der Waals surface area contributed by atoms with Gasteiger partial charge in [-0.1, -0.05) is 35.9 Å². The number of urea groups is 1. The van der Waals surface area contributed by atoms with Crippen LogP contribution in [0.15, 0.2) is 48.5 Å². The summed E-state index contributed by atoms with van der Waals surface area (Å²) < 4.78 is 11.0. The highest BCUT2D eigenvalue weighted by atomic mass is 35.5. The molecule has 25 heavy (non-hydrogen) atoms. The molecule has 134 valence electrons. The molecule has 0 atom stereocenters. The topological polar surface area (TPSA) is 59.6 Å². The highest BCUT2D eigenvalue weighted by Crippen LogP contribution is 2.15. The molecule has 0 spiro atoms. The summed E-state index contributed by atoms with van der Waals surface area (Å²) in [7, 11) is 0. The zero-order valence-electron chi connectivity index (χ0n) is 14.3. The Morgan fingerprint density at radius 2 is 1.76 bits per heavy atom. The molecule has 0 saturated heterocycles. The van der Waals surface area contributed by atoms with Crippen molar-refractivity contribution < 1.29 is 14.3 Å². The van der Waals surface area contributed by atoms with Gasteiger partial charge in [0.15, 0.2) is 0 Å². The Balaban J connectivity index is 1.68. The molecule has 6 heteroatoms. The van der Waals surface area contributed by atoms with E-state index in [1.165, 1.54) is 0 Å². The van der Waals surface area contributed by atoms with Crippen molar-refractivity contribution >= 4 is 17.6 Å². The van der Waals surface area contributed by atoms with E-state index in [4.69, 9.17) is 21.1 Å². The van der Waals surface area contributed by atoms with Gasteiger partial charge in [0.1, 0.15) is 12.4 Å². The Labute approximate surface area is 153 Å². The van der Waals surface area contributed by atoms with E-state index in [2.05, 4.69) is 10.6 Å². The van der Waals surface area contributed by atoms with Crippen LogP contribution in [-0.4, -0.2) is 25.8 Å². The molecule has 0 radical (unpaired) electrons. The highest BCUT2D eigenvalue weighted by Gasteiger charge is 2.04. The summed E-state index contributed by atoms with van der Waals surface area (Å²) in [6, 6.07) is 14.8. The van der Waals surface area contributed by atoms with Crippen molar-refractivity contribution in [3.8, 4) is 5.75 Å². The number of rotatable bonds is 9. The molecule has 0 aromatic heterocycles. The summed E-state index contributed by atoms with van der Waals surface area (Å²) in [6.45, 7) is 4.42. The quantitative estimate of drug-likeness (QED) is 0.668. The van der Waals surface area contributed by atoms with E-state index in [1.807, 2.05) is 31.2 Å². The van der Waals surface area contributed by atoms with Crippen LogP contribution in [0.25, 0.3) is 0 Å². The lowest BCUT2D eigenvalue weighted by Crippen LogP contribution is -2.37. The van der Waals surface area contributed by atoms with Gasteiger partial charge in [-0.3, -0.25) is 0 Å². The molecule has 2 N–H and O–H groups in total. The molecule has 2 aromatic carbocycles. The number of hydrogen-bond acceptors (Lipinski definition) is 3. The van der Waals surface area contributed by atoms with E-state index < -0.39 is 0 Å². The minimum Gasteiger partial charge on any atom is -0.492 e. The maximum absolute atomic E-state index is 11.9. The molecule has 2 aromatic rings.